The second-order valence-electron chi connectivity index (χ2n) is 5.95. The smallest absolute Gasteiger partial charge is 0.111 e. The second kappa shape index (κ2) is 6.59. The monoisotopic (exact) mass is 294 g/mol. The van der Waals surface area contributed by atoms with Crippen LogP contribution in [0.1, 0.15) is 26.1 Å². The molecule has 0 saturated carbocycles. The van der Waals surface area contributed by atoms with Crippen molar-refractivity contribution in [2.24, 2.45) is 5.41 Å². The normalized spacial score (nSPS) is 12.2. The molecular formula is C16H23ClN2O. The number of ether oxygens (including phenoxy) is 1. The van der Waals surface area contributed by atoms with Crippen molar-refractivity contribution in [2.75, 3.05) is 19.6 Å². The molecule has 1 aromatic heterocycles. The Labute approximate surface area is 125 Å². The largest absolute Gasteiger partial charge is 0.385 e. The van der Waals surface area contributed by atoms with Gasteiger partial charge in [0.05, 0.1) is 11.0 Å². The summed E-state index contributed by atoms with van der Waals surface area (Å²) in [5, 5.41) is 0. The molecule has 0 atom stereocenters. The van der Waals surface area contributed by atoms with E-state index in [1.165, 1.54) is 5.52 Å². The lowest BCUT2D eigenvalue weighted by atomic mass is 9.89. The molecule has 1 aromatic carbocycles. The van der Waals surface area contributed by atoms with Gasteiger partial charge in [0.2, 0.25) is 0 Å². The number of hydrogen-bond acceptors (Lipinski definition) is 2. The molecule has 0 radical (unpaired) electrons. The van der Waals surface area contributed by atoms with Crippen molar-refractivity contribution in [1.29, 1.82) is 0 Å². The van der Waals surface area contributed by atoms with Crippen LogP contribution in [0, 0.1) is 5.41 Å². The summed E-state index contributed by atoms with van der Waals surface area (Å²) in [6, 6.07) is 8.28. The van der Waals surface area contributed by atoms with Crippen molar-refractivity contribution >= 4 is 22.6 Å². The molecule has 2 rings (SSSR count). The van der Waals surface area contributed by atoms with Gasteiger partial charge < -0.3 is 9.30 Å². The summed E-state index contributed by atoms with van der Waals surface area (Å²) in [6.45, 7) is 6.25. The third-order valence-corrected chi connectivity index (χ3v) is 3.81. The molecule has 1 heterocycles. The summed E-state index contributed by atoms with van der Waals surface area (Å²) in [5.41, 5.74) is 2.41. The van der Waals surface area contributed by atoms with Crippen LogP contribution in [0.5, 0.6) is 0 Å². The van der Waals surface area contributed by atoms with Gasteiger partial charge >= 0.3 is 0 Å². The highest BCUT2D eigenvalue weighted by Gasteiger charge is 2.21. The van der Waals surface area contributed by atoms with Crippen LogP contribution in [0.3, 0.4) is 0 Å². The third kappa shape index (κ3) is 3.53. The Kier molecular flexibility index (Phi) is 5.06. The molecule has 0 aliphatic heterocycles. The fourth-order valence-electron chi connectivity index (χ4n) is 2.46. The third-order valence-electron chi connectivity index (χ3n) is 3.62. The maximum Gasteiger partial charge on any atom is 0.111 e. The van der Waals surface area contributed by atoms with Crippen molar-refractivity contribution in [3.63, 3.8) is 0 Å². The van der Waals surface area contributed by atoms with Gasteiger partial charge in [0.1, 0.15) is 5.82 Å². The second-order valence-corrected chi connectivity index (χ2v) is 6.33. The van der Waals surface area contributed by atoms with E-state index in [9.17, 15) is 0 Å². The molecule has 0 saturated heterocycles. The van der Waals surface area contributed by atoms with Crippen LogP contribution in [0.2, 0.25) is 0 Å². The van der Waals surface area contributed by atoms with Gasteiger partial charge in [-0.25, -0.2) is 4.98 Å². The average Bonchev–Trinajstić information content (AvgIpc) is 2.75. The topological polar surface area (TPSA) is 27.1 Å². The maximum atomic E-state index is 5.92. The lowest BCUT2D eigenvalue weighted by Crippen LogP contribution is -2.23. The Morgan fingerprint density at radius 2 is 2.05 bits per heavy atom. The SMILES string of the molecule is COCCC(C)(C)Cn1c(CCCl)nc2ccccc21. The molecule has 2 aromatic rings. The highest BCUT2D eigenvalue weighted by atomic mass is 35.5. The minimum Gasteiger partial charge on any atom is -0.385 e. The Morgan fingerprint density at radius 3 is 2.75 bits per heavy atom. The van der Waals surface area contributed by atoms with E-state index in [0.717, 1.165) is 37.3 Å². The number of benzene rings is 1. The minimum absolute atomic E-state index is 0.167. The molecule has 0 bridgehead atoms. The van der Waals surface area contributed by atoms with Gasteiger partial charge in [-0.2, -0.15) is 0 Å². The Bertz CT molecular complexity index is 563. The molecule has 4 heteroatoms. The first-order valence-electron chi connectivity index (χ1n) is 7.06. The summed E-state index contributed by atoms with van der Waals surface area (Å²) in [4.78, 5) is 4.71. The van der Waals surface area contributed by atoms with Gasteiger partial charge in [0.15, 0.2) is 0 Å². The van der Waals surface area contributed by atoms with Crippen LogP contribution < -0.4 is 0 Å². The van der Waals surface area contributed by atoms with Crippen LogP contribution in [-0.4, -0.2) is 29.1 Å². The number of aromatic nitrogens is 2. The standard InChI is InChI=1S/C16H23ClN2O/c1-16(2,9-11-20-3)12-19-14-7-5-4-6-13(14)18-15(19)8-10-17/h4-7H,8-12H2,1-3H3. The fraction of sp³-hybridized carbons (Fsp3) is 0.562. The molecule has 110 valence electrons. The van der Waals surface area contributed by atoms with Crippen molar-refractivity contribution in [2.45, 2.75) is 33.2 Å². The summed E-state index contributed by atoms with van der Waals surface area (Å²) in [6.07, 6.45) is 1.83. The number of imidazole rings is 1. The van der Waals surface area contributed by atoms with Crippen LogP contribution in [0.15, 0.2) is 24.3 Å². The van der Waals surface area contributed by atoms with Crippen molar-refractivity contribution < 1.29 is 4.74 Å². The Hall–Kier alpha value is -1.06. The molecular weight excluding hydrogens is 272 g/mol. The molecule has 0 spiro atoms. The molecule has 3 nitrogen and oxygen atoms in total. The maximum absolute atomic E-state index is 5.92. The van der Waals surface area contributed by atoms with E-state index in [1.807, 2.05) is 6.07 Å². The highest BCUT2D eigenvalue weighted by molar-refractivity contribution is 6.17. The summed E-state index contributed by atoms with van der Waals surface area (Å²) >= 11 is 5.92. The van der Waals surface area contributed by atoms with Crippen LogP contribution in [-0.2, 0) is 17.7 Å². The van der Waals surface area contributed by atoms with Crippen molar-refractivity contribution in [1.82, 2.24) is 9.55 Å². The van der Waals surface area contributed by atoms with Gasteiger partial charge in [0.25, 0.3) is 0 Å². The van der Waals surface area contributed by atoms with E-state index >= 15 is 0 Å². The number of methoxy groups -OCH3 is 1. The van der Waals surface area contributed by atoms with Crippen molar-refractivity contribution in [3.05, 3.63) is 30.1 Å². The van der Waals surface area contributed by atoms with Crippen LogP contribution >= 0.6 is 11.6 Å². The zero-order valence-electron chi connectivity index (χ0n) is 12.5. The molecule has 20 heavy (non-hydrogen) atoms. The van der Waals surface area contributed by atoms with Gasteiger partial charge in [0, 0.05) is 32.6 Å². The molecule has 0 N–H and O–H groups in total. The lowest BCUT2D eigenvalue weighted by Gasteiger charge is -2.26. The van der Waals surface area contributed by atoms with E-state index in [2.05, 4.69) is 36.6 Å². The van der Waals surface area contributed by atoms with E-state index in [0.29, 0.717) is 5.88 Å². The molecule has 0 amide bonds. The number of alkyl halides is 1. The van der Waals surface area contributed by atoms with Crippen LogP contribution in [0.4, 0.5) is 0 Å². The Morgan fingerprint density at radius 1 is 1.30 bits per heavy atom. The first kappa shape index (κ1) is 15.3. The summed E-state index contributed by atoms with van der Waals surface area (Å²) in [7, 11) is 1.75. The van der Waals surface area contributed by atoms with E-state index < -0.39 is 0 Å². The minimum atomic E-state index is 0.167. The van der Waals surface area contributed by atoms with Gasteiger partial charge in [-0.1, -0.05) is 26.0 Å². The number of rotatable bonds is 7. The Balaban J connectivity index is 2.33. The van der Waals surface area contributed by atoms with Gasteiger partial charge in [-0.3, -0.25) is 0 Å². The number of hydrogen-bond donors (Lipinski definition) is 0. The molecule has 0 unspecified atom stereocenters. The average molecular weight is 295 g/mol. The fourth-order valence-corrected chi connectivity index (χ4v) is 2.63. The quantitative estimate of drug-likeness (QED) is 0.725. The van der Waals surface area contributed by atoms with Gasteiger partial charge in [-0.15, -0.1) is 11.6 Å². The molecule has 0 fully saturated rings. The first-order chi connectivity index (χ1) is 9.57. The zero-order valence-corrected chi connectivity index (χ0v) is 13.3. The number of aryl methyl sites for hydroxylation is 1. The number of para-hydroxylation sites is 2. The number of nitrogens with zero attached hydrogens (tertiary/aromatic N) is 2. The van der Waals surface area contributed by atoms with Crippen molar-refractivity contribution in [3.8, 4) is 0 Å². The van der Waals surface area contributed by atoms with E-state index in [4.69, 9.17) is 21.3 Å². The predicted molar refractivity (Wildman–Crippen MR) is 84.4 cm³/mol. The summed E-state index contributed by atoms with van der Waals surface area (Å²) in [5.74, 6) is 1.67. The van der Waals surface area contributed by atoms with E-state index in [-0.39, 0.29) is 5.41 Å². The van der Waals surface area contributed by atoms with Crippen LogP contribution in [0.25, 0.3) is 11.0 Å². The molecule has 0 aliphatic carbocycles. The lowest BCUT2D eigenvalue weighted by molar-refractivity contribution is 0.142. The van der Waals surface area contributed by atoms with Gasteiger partial charge in [-0.05, 0) is 24.0 Å². The number of fused-ring (bicyclic) bond motifs is 1. The molecule has 0 aliphatic rings. The first-order valence-corrected chi connectivity index (χ1v) is 7.60. The number of halogens is 1. The van der Waals surface area contributed by atoms with E-state index in [1.54, 1.807) is 7.11 Å². The predicted octanol–water partition coefficient (Wildman–Crippen LogP) is 3.88. The zero-order chi connectivity index (χ0) is 14.6. The highest BCUT2D eigenvalue weighted by Crippen LogP contribution is 2.27. The summed E-state index contributed by atoms with van der Waals surface area (Å²) < 4.78 is 7.53.